The molecule has 30 heavy (non-hydrogen) atoms. The minimum atomic E-state index is -0.400. The van der Waals surface area contributed by atoms with Crippen LogP contribution in [0.15, 0.2) is 70.1 Å². The van der Waals surface area contributed by atoms with E-state index in [-0.39, 0.29) is 5.63 Å². The van der Waals surface area contributed by atoms with E-state index >= 15 is 0 Å². The molecule has 5 rings (SSSR count). The Morgan fingerprint density at radius 1 is 1.00 bits per heavy atom. The molecule has 0 saturated heterocycles. The topological polar surface area (TPSA) is 99.8 Å². The van der Waals surface area contributed by atoms with Crippen LogP contribution in [-0.4, -0.2) is 19.7 Å². The predicted molar refractivity (Wildman–Crippen MR) is 116 cm³/mol. The van der Waals surface area contributed by atoms with Gasteiger partial charge in [-0.3, -0.25) is 0 Å². The van der Waals surface area contributed by atoms with Gasteiger partial charge in [0.25, 0.3) is 0 Å². The summed E-state index contributed by atoms with van der Waals surface area (Å²) in [6.45, 7) is 3.80. The molecule has 3 aromatic heterocycles. The minimum absolute atomic E-state index is 0.374. The Morgan fingerprint density at radius 3 is 2.47 bits per heavy atom. The standard InChI is InChI=1S/C23H19N5O2/c1-13-18-21(24)25-12-26-22(18)28(27-13)14(2)20-19(15-8-4-3-5-9-15)16-10-6-7-11-17(16)23(29)30-20/h3-12,14H,1-2H3,(H2,24,25,26). The van der Waals surface area contributed by atoms with Crippen LogP contribution in [0, 0.1) is 6.92 Å². The Labute approximate surface area is 171 Å². The molecule has 1 atom stereocenters. The van der Waals surface area contributed by atoms with Gasteiger partial charge in [0.05, 0.1) is 16.5 Å². The van der Waals surface area contributed by atoms with Crippen molar-refractivity contribution in [3.63, 3.8) is 0 Å². The van der Waals surface area contributed by atoms with Crippen molar-refractivity contribution in [1.82, 2.24) is 19.7 Å². The third kappa shape index (κ3) is 2.67. The van der Waals surface area contributed by atoms with Gasteiger partial charge in [-0.1, -0.05) is 48.5 Å². The Morgan fingerprint density at radius 2 is 1.70 bits per heavy atom. The zero-order chi connectivity index (χ0) is 20.8. The average molecular weight is 397 g/mol. The van der Waals surface area contributed by atoms with Crippen molar-refractivity contribution >= 4 is 27.6 Å². The molecule has 0 aliphatic carbocycles. The van der Waals surface area contributed by atoms with Crippen molar-refractivity contribution in [3.8, 4) is 11.1 Å². The van der Waals surface area contributed by atoms with Gasteiger partial charge in [0.1, 0.15) is 23.9 Å². The lowest BCUT2D eigenvalue weighted by molar-refractivity contribution is 0.404. The fraction of sp³-hybridized carbons (Fsp3) is 0.130. The molecule has 148 valence electrons. The van der Waals surface area contributed by atoms with Gasteiger partial charge in [-0.2, -0.15) is 5.10 Å². The normalized spacial score (nSPS) is 12.5. The van der Waals surface area contributed by atoms with E-state index in [1.807, 2.05) is 62.4 Å². The summed E-state index contributed by atoms with van der Waals surface area (Å²) >= 11 is 0. The maximum atomic E-state index is 12.8. The van der Waals surface area contributed by atoms with E-state index in [4.69, 9.17) is 10.2 Å². The maximum Gasteiger partial charge on any atom is 0.343 e. The third-order valence-electron chi connectivity index (χ3n) is 5.37. The maximum absolute atomic E-state index is 12.8. The number of hydrogen-bond acceptors (Lipinski definition) is 6. The Kier molecular flexibility index (Phi) is 4.10. The fourth-order valence-corrected chi connectivity index (χ4v) is 3.96. The number of nitrogens with zero attached hydrogens (tertiary/aromatic N) is 4. The van der Waals surface area contributed by atoms with Crippen LogP contribution in [0.1, 0.15) is 24.4 Å². The summed E-state index contributed by atoms with van der Waals surface area (Å²) in [5.41, 5.74) is 8.81. The first-order chi connectivity index (χ1) is 14.6. The molecule has 2 N–H and O–H groups in total. The largest absolute Gasteiger partial charge is 0.424 e. The second-order valence-corrected chi connectivity index (χ2v) is 7.20. The Bertz CT molecular complexity index is 1450. The summed E-state index contributed by atoms with van der Waals surface area (Å²) in [6.07, 6.45) is 1.41. The van der Waals surface area contributed by atoms with Crippen molar-refractivity contribution in [2.75, 3.05) is 5.73 Å². The van der Waals surface area contributed by atoms with Crippen LogP contribution >= 0.6 is 0 Å². The van der Waals surface area contributed by atoms with Gasteiger partial charge in [0, 0.05) is 10.9 Å². The molecule has 7 heteroatoms. The highest BCUT2D eigenvalue weighted by Gasteiger charge is 2.25. The molecular weight excluding hydrogens is 378 g/mol. The summed E-state index contributed by atoms with van der Waals surface area (Å²) < 4.78 is 7.63. The van der Waals surface area contributed by atoms with Gasteiger partial charge in [-0.05, 0) is 25.5 Å². The first kappa shape index (κ1) is 18.1. The molecule has 0 fully saturated rings. The molecule has 0 aliphatic rings. The van der Waals surface area contributed by atoms with E-state index in [0.29, 0.717) is 28.0 Å². The van der Waals surface area contributed by atoms with Crippen LogP contribution in [0.25, 0.3) is 32.9 Å². The molecule has 0 aliphatic heterocycles. The minimum Gasteiger partial charge on any atom is -0.424 e. The van der Waals surface area contributed by atoms with Crippen LogP contribution in [0.5, 0.6) is 0 Å². The monoisotopic (exact) mass is 397 g/mol. The second kappa shape index (κ2) is 6.81. The first-order valence-corrected chi connectivity index (χ1v) is 9.62. The molecule has 0 spiro atoms. The Balaban J connectivity index is 1.84. The molecule has 0 bridgehead atoms. The predicted octanol–water partition coefficient (Wildman–Crippen LogP) is 4.10. The molecule has 0 saturated carbocycles. The summed E-state index contributed by atoms with van der Waals surface area (Å²) in [6, 6.07) is 17.0. The summed E-state index contributed by atoms with van der Waals surface area (Å²) in [5.74, 6) is 0.894. The van der Waals surface area contributed by atoms with Crippen molar-refractivity contribution in [2.45, 2.75) is 19.9 Å². The number of hydrogen-bond donors (Lipinski definition) is 1. The van der Waals surface area contributed by atoms with Crippen molar-refractivity contribution in [1.29, 1.82) is 0 Å². The van der Waals surface area contributed by atoms with Crippen LogP contribution in [-0.2, 0) is 0 Å². The van der Waals surface area contributed by atoms with Gasteiger partial charge in [-0.15, -0.1) is 0 Å². The first-order valence-electron chi connectivity index (χ1n) is 9.62. The van der Waals surface area contributed by atoms with Gasteiger partial charge >= 0.3 is 5.63 Å². The number of aryl methyl sites for hydroxylation is 1. The van der Waals surface area contributed by atoms with E-state index in [2.05, 4.69) is 15.1 Å². The van der Waals surface area contributed by atoms with E-state index in [1.165, 1.54) is 6.33 Å². The van der Waals surface area contributed by atoms with Gasteiger partial charge in [0.15, 0.2) is 5.65 Å². The average Bonchev–Trinajstić information content (AvgIpc) is 3.11. The number of aromatic nitrogens is 4. The molecule has 2 aromatic carbocycles. The highest BCUT2D eigenvalue weighted by atomic mass is 16.4. The highest BCUT2D eigenvalue weighted by molar-refractivity contribution is 5.97. The summed E-state index contributed by atoms with van der Waals surface area (Å²) in [7, 11) is 0. The Hall–Kier alpha value is -4.00. The van der Waals surface area contributed by atoms with Gasteiger partial charge in [-0.25, -0.2) is 19.4 Å². The fourth-order valence-electron chi connectivity index (χ4n) is 3.96. The number of benzene rings is 2. The number of nitrogen functional groups attached to an aromatic ring is 1. The molecule has 7 nitrogen and oxygen atoms in total. The lowest BCUT2D eigenvalue weighted by Gasteiger charge is -2.18. The molecule has 3 heterocycles. The molecule has 0 radical (unpaired) electrons. The van der Waals surface area contributed by atoms with Crippen molar-refractivity contribution in [2.24, 2.45) is 0 Å². The summed E-state index contributed by atoms with van der Waals surface area (Å²) in [5, 5.41) is 6.73. The van der Waals surface area contributed by atoms with Crippen molar-refractivity contribution in [3.05, 3.63) is 82.8 Å². The van der Waals surface area contributed by atoms with Crippen LogP contribution in [0.4, 0.5) is 5.82 Å². The molecular formula is C23H19N5O2. The second-order valence-electron chi connectivity index (χ2n) is 7.20. The quantitative estimate of drug-likeness (QED) is 0.492. The van der Waals surface area contributed by atoms with Gasteiger partial charge < -0.3 is 10.2 Å². The lowest BCUT2D eigenvalue weighted by atomic mass is 9.96. The van der Waals surface area contributed by atoms with Gasteiger partial charge in [0.2, 0.25) is 0 Å². The highest BCUT2D eigenvalue weighted by Crippen LogP contribution is 2.36. The third-order valence-corrected chi connectivity index (χ3v) is 5.37. The lowest BCUT2D eigenvalue weighted by Crippen LogP contribution is -2.14. The molecule has 5 aromatic rings. The van der Waals surface area contributed by atoms with Crippen LogP contribution in [0.3, 0.4) is 0 Å². The van der Waals surface area contributed by atoms with Crippen LogP contribution < -0.4 is 11.4 Å². The SMILES string of the molecule is Cc1nn(C(C)c2oc(=O)c3ccccc3c2-c2ccccc2)c2ncnc(N)c12. The zero-order valence-corrected chi connectivity index (χ0v) is 16.5. The molecule has 1 unspecified atom stereocenters. The van der Waals surface area contributed by atoms with E-state index in [1.54, 1.807) is 10.7 Å². The van der Waals surface area contributed by atoms with Crippen molar-refractivity contribution < 1.29 is 4.42 Å². The smallest absolute Gasteiger partial charge is 0.343 e. The van der Waals surface area contributed by atoms with E-state index in [0.717, 1.165) is 22.2 Å². The number of fused-ring (bicyclic) bond motifs is 2. The van der Waals surface area contributed by atoms with Crippen LogP contribution in [0.2, 0.25) is 0 Å². The number of nitrogens with two attached hydrogens (primary N) is 1. The van der Waals surface area contributed by atoms with E-state index in [9.17, 15) is 4.79 Å². The summed E-state index contributed by atoms with van der Waals surface area (Å²) in [4.78, 5) is 21.3. The zero-order valence-electron chi connectivity index (χ0n) is 16.5. The number of anilines is 1. The molecule has 0 amide bonds. The van der Waals surface area contributed by atoms with E-state index < -0.39 is 6.04 Å². The number of rotatable bonds is 3.